The Balaban J connectivity index is 1.80. The summed E-state index contributed by atoms with van der Waals surface area (Å²) in [4.78, 5) is 14.9. The van der Waals surface area contributed by atoms with Crippen LogP contribution in [0.1, 0.15) is 48.2 Å². The maximum Gasteiger partial charge on any atom is 0.290 e. The van der Waals surface area contributed by atoms with Crippen molar-refractivity contribution in [2.75, 3.05) is 6.54 Å². The number of hydrogen-bond acceptors (Lipinski definition) is 3. The minimum Gasteiger partial charge on any atom is -0.454 e. The summed E-state index contributed by atoms with van der Waals surface area (Å²) in [5, 5.41) is 4.16. The van der Waals surface area contributed by atoms with E-state index >= 15 is 0 Å². The fourth-order valence-corrected chi connectivity index (χ4v) is 3.58. The molecule has 0 bridgehead atoms. The van der Waals surface area contributed by atoms with Crippen LogP contribution in [0.4, 0.5) is 0 Å². The highest BCUT2D eigenvalue weighted by atomic mass is 79.9. The van der Waals surface area contributed by atoms with Gasteiger partial charge in [0.2, 0.25) is 0 Å². The number of rotatable bonds is 7. The first-order valence-electron chi connectivity index (χ1n) is 8.71. The van der Waals surface area contributed by atoms with Gasteiger partial charge in [0.1, 0.15) is 5.76 Å². The molecule has 0 fully saturated rings. The van der Waals surface area contributed by atoms with E-state index in [-0.39, 0.29) is 11.9 Å². The first kappa shape index (κ1) is 18.5. The Morgan fingerprint density at radius 2 is 2.08 bits per heavy atom. The molecule has 0 spiro atoms. The number of nitrogens with zero attached hydrogens (tertiary/aromatic N) is 3. The molecule has 0 N–H and O–H groups in total. The number of aromatic nitrogens is 2. The Morgan fingerprint density at radius 3 is 2.77 bits per heavy atom. The smallest absolute Gasteiger partial charge is 0.290 e. The third-order valence-corrected chi connectivity index (χ3v) is 5.02. The van der Waals surface area contributed by atoms with Gasteiger partial charge in [-0.3, -0.25) is 9.48 Å². The zero-order chi connectivity index (χ0) is 18.5. The Labute approximate surface area is 161 Å². The van der Waals surface area contributed by atoms with E-state index in [0.29, 0.717) is 24.6 Å². The zero-order valence-corrected chi connectivity index (χ0v) is 16.5. The van der Waals surface area contributed by atoms with Gasteiger partial charge in [0.15, 0.2) is 5.76 Å². The number of carbonyl (C=O) groups is 1. The summed E-state index contributed by atoms with van der Waals surface area (Å²) >= 11 is 3.59. The molecule has 26 heavy (non-hydrogen) atoms. The van der Waals surface area contributed by atoms with Crippen molar-refractivity contribution in [2.24, 2.45) is 0 Å². The average molecular weight is 416 g/mol. The van der Waals surface area contributed by atoms with Crippen molar-refractivity contribution in [3.05, 3.63) is 76.4 Å². The lowest BCUT2D eigenvalue weighted by Gasteiger charge is -2.29. The maximum atomic E-state index is 13.1. The highest BCUT2D eigenvalue weighted by Crippen LogP contribution is 2.29. The molecule has 6 heteroatoms. The highest BCUT2D eigenvalue weighted by Gasteiger charge is 2.25. The van der Waals surface area contributed by atoms with Gasteiger partial charge in [-0.15, -0.1) is 0 Å². The molecule has 1 aromatic carbocycles. The molecule has 2 aromatic heterocycles. The van der Waals surface area contributed by atoms with Crippen molar-refractivity contribution in [1.82, 2.24) is 14.7 Å². The summed E-state index contributed by atoms with van der Waals surface area (Å²) < 4.78 is 8.56. The monoisotopic (exact) mass is 415 g/mol. The second kappa shape index (κ2) is 8.36. The minimum absolute atomic E-state index is 0.0577. The highest BCUT2D eigenvalue weighted by molar-refractivity contribution is 9.10. The van der Waals surface area contributed by atoms with Crippen molar-refractivity contribution in [3.63, 3.8) is 0 Å². The molecular formula is C20H22BrN3O2. The summed E-state index contributed by atoms with van der Waals surface area (Å²) in [5.74, 6) is 0.975. The Kier molecular flexibility index (Phi) is 5.93. The third-order valence-electron chi connectivity index (χ3n) is 4.30. The van der Waals surface area contributed by atoms with Crippen LogP contribution in [0.25, 0.3) is 0 Å². The van der Waals surface area contributed by atoms with E-state index in [1.165, 1.54) is 0 Å². The molecular weight excluding hydrogens is 394 g/mol. The van der Waals surface area contributed by atoms with Gasteiger partial charge in [-0.05, 0) is 43.2 Å². The number of hydrogen-bond donors (Lipinski definition) is 0. The first-order valence-corrected chi connectivity index (χ1v) is 9.51. The van der Waals surface area contributed by atoms with E-state index in [9.17, 15) is 4.79 Å². The summed E-state index contributed by atoms with van der Waals surface area (Å²) in [6.07, 6.45) is 4.46. The summed E-state index contributed by atoms with van der Waals surface area (Å²) in [6.45, 7) is 5.28. The molecule has 3 rings (SSSR count). The standard InChI is InChI=1S/C20H22BrN3O2/c1-3-12-24(15(2)17-7-4-5-8-18(17)21)20(25)19-10-9-16(26-19)14-23-13-6-11-22-23/h4-11,13,15H,3,12,14H2,1-2H3. The van der Waals surface area contributed by atoms with E-state index in [0.717, 1.165) is 16.5 Å². The van der Waals surface area contributed by atoms with E-state index in [4.69, 9.17) is 4.42 Å². The molecule has 2 heterocycles. The normalized spacial score (nSPS) is 12.1. The molecule has 0 aliphatic rings. The fraction of sp³-hybridized carbons (Fsp3) is 0.300. The molecule has 1 amide bonds. The minimum atomic E-state index is -0.0955. The Morgan fingerprint density at radius 1 is 1.27 bits per heavy atom. The van der Waals surface area contributed by atoms with Gasteiger partial charge in [0.05, 0.1) is 12.6 Å². The average Bonchev–Trinajstić information content (AvgIpc) is 3.31. The van der Waals surface area contributed by atoms with Crippen LogP contribution < -0.4 is 0 Å². The van der Waals surface area contributed by atoms with Crippen LogP contribution in [0.5, 0.6) is 0 Å². The molecule has 0 saturated heterocycles. The fourth-order valence-electron chi connectivity index (χ4n) is 2.97. The van der Waals surface area contributed by atoms with Crippen molar-refractivity contribution < 1.29 is 9.21 Å². The second-order valence-electron chi connectivity index (χ2n) is 6.17. The molecule has 1 atom stereocenters. The van der Waals surface area contributed by atoms with Crippen LogP contribution in [0.3, 0.4) is 0 Å². The van der Waals surface area contributed by atoms with Gasteiger partial charge in [0, 0.05) is 23.4 Å². The van der Waals surface area contributed by atoms with E-state index in [1.54, 1.807) is 16.9 Å². The van der Waals surface area contributed by atoms with Gasteiger partial charge in [0.25, 0.3) is 5.91 Å². The predicted molar refractivity (Wildman–Crippen MR) is 104 cm³/mol. The lowest BCUT2D eigenvalue weighted by molar-refractivity contribution is 0.0655. The lowest BCUT2D eigenvalue weighted by Crippen LogP contribution is -2.34. The Bertz CT molecular complexity index is 858. The molecule has 0 saturated carbocycles. The molecule has 5 nitrogen and oxygen atoms in total. The van der Waals surface area contributed by atoms with Crippen molar-refractivity contribution in [2.45, 2.75) is 32.9 Å². The summed E-state index contributed by atoms with van der Waals surface area (Å²) in [6, 6.07) is 13.4. The third kappa shape index (κ3) is 4.07. The van der Waals surface area contributed by atoms with Crippen LogP contribution >= 0.6 is 15.9 Å². The van der Waals surface area contributed by atoms with Gasteiger partial charge in [-0.1, -0.05) is 41.1 Å². The number of carbonyl (C=O) groups excluding carboxylic acids is 1. The molecule has 3 aromatic rings. The van der Waals surface area contributed by atoms with Gasteiger partial charge >= 0.3 is 0 Å². The van der Waals surface area contributed by atoms with Crippen molar-refractivity contribution in [1.29, 1.82) is 0 Å². The second-order valence-corrected chi connectivity index (χ2v) is 7.02. The summed E-state index contributed by atoms with van der Waals surface area (Å²) in [5.41, 5.74) is 1.08. The molecule has 0 aliphatic carbocycles. The molecule has 0 radical (unpaired) electrons. The topological polar surface area (TPSA) is 51.3 Å². The maximum absolute atomic E-state index is 13.1. The molecule has 0 aliphatic heterocycles. The largest absolute Gasteiger partial charge is 0.454 e. The number of furan rings is 1. The van der Waals surface area contributed by atoms with E-state index < -0.39 is 0 Å². The number of halogens is 1. The Hall–Kier alpha value is -2.34. The van der Waals surface area contributed by atoms with Crippen LogP contribution in [-0.4, -0.2) is 27.1 Å². The van der Waals surface area contributed by atoms with E-state index in [2.05, 4.69) is 28.0 Å². The van der Waals surface area contributed by atoms with Crippen molar-refractivity contribution >= 4 is 21.8 Å². The van der Waals surface area contributed by atoms with Gasteiger partial charge < -0.3 is 9.32 Å². The van der Waals surface area contributed by atoms with Crippen LogP contribution in [0.15, 0.2) is 63.7 Å². The van der Waals surface area contributed by atoms with Crippen LogP contribution in [-0.2, 0) is 6.54 Å². The molecule has 136 valence electrons. The van der Waals surface area contributed by atoms with Crippen LogP contribution in [0, 0.1) is 0 Å². The molecule has 1 unspecified atom stereocenters. The summed E-state index contributed by atoms with van der Waals surface area (Å²) in [7, 11) is 0. The first-order chi connectivity index (χ1) is 12.6. The van der Waals surface area contributed by atoms with Crippen molar-refractivity contribution in [3.8, 4) is 0 Å². The number of benzene rings is 1. The SMILES string of the molecule is CCCN(C(=O)c1ccc(Cn2cccn2)o1)C(C)c1ccccc1Br. The van der Waals surface area contributed by atoms with E-state index in [1.807, 2.05) is 54.4 Å². The van der Waals surface area contributed by atoms with Crippen LogP contribution in [0.2, 0.25) is 0 Å². The lowest BCUT2D eigenvalue weighted by atomic mass is 10.1. The van der Waals surface area contributed by atoms with Gasteiger partial charge in [-0.25, -0.2) is 0 Å². The zero-order valence-electron chi connectivity index (χ0n) is 14.9. The quantitative estimate of drug-likeness (QED) is 0.551. The number of amides is 1. The van der Waals surface area contributed by atoms with Gasteiger partial charge in [-0.2, -0.15) is 5.10 Å². The predicted octanol–water partition coefficient (Wildman–Crippen LogP) is 4.90.